The molecule has 0 saturated heterocycles. The maximum Gasteiger partial charge on any atom is 0.411 e. The Bertz CT molecular complexity index is 1220. The summed E-state index contributed by atoms with van der Waals surface area (Å²) in [5.41, 5.74) is 3.27. The molecule has 1 amide bonds. The zero-order chi connectivity index (χ0) is 22.0. The lowest BCUT2D eigenvalue weighted by Gasteiger charge is -2.10. The second-order valence-electron chi connectivity index (χ2n) is 6.75. The monoisotopic (exact) mass is 431 g/mol. The van der Waals surface area contributed by atoms with Crippen LogP contribution in [0, 0.1) is 6.92 Å². The van der Waals surface area contributed by atoms with Crippen molar-refractivity contribution in [3.63, 3.8) is 0 Å². The molecule has 0 aliphatic carbocycles. The highest BCUT2D eigenvalue weighted by atomic mass is 19.4. The molecule has 1 aromatic carbocycles. The highest BCUT2D eigenvalue weighted by molar-refractivity contribution is 6.04. The van der Waals surface area contributed by atoms with Gasteiger partial charge in [-0.25, -0.2) is 4.98 Å². The SMILES string of the molecule is Cc1ccc(-c2ncon2)cc1NC(=O)c1cnc2cc(COCC(F)(F)F)ccn12. The van der Waals surface area contributed by atoms with Crippen molar-refractivity contribution in [1.29, 1.82) is 0 Å². The number of nitrogens with one attached hydrogen (secondary N) is 1. The quantitative estimate of drug-likeness (QED) is 0.496. The van der Waals surface area contributed by atoms with Crippen LogP contribution in [0.4, 0.5) is 18.9 Å². The number of aromatic nitrogens is 4. The summed E-state index contributed by atoms with van der Waals surface area (Å²) in [6, 6.07) is 8.51. The lowest BCUT2D eigenvalue weighted by atomic mass is 10.1. The average Bonchev–Trinajstić information content (AvgIpc) is 3.38. The zero-order valence-electron chi connectivity index (χ0n) is 16.2. The molecule has 1 N–H and O–H groups in total. The van der Waals surface area contributed by atoms with Crippen molar-refractivity contribution in [3.8, 4) is 11.4 Å². The average molecular weight is 431 g/mol. The molecule has 0 bridgehead atoms. The smallest absolute Gasteiger partial charge is 0.367 e. The Morgan fingerprint density at radius 1 is 1.23 bits per heavy atom. The molecule has 0 spiro atoms. The lowest BCUT2D eigenvalue weighted by molar-refractivity contribution is -0.176. The number of anilines is 1. The number of nitrogens with zero attached hydrogens (tertiary/aromatic N) is 4. The van der Waals surface area contributed by atoms with E-state index in [-0.39, 0.29) is 12.3 Å². The Hall–Kier alpha value is -3.73. The number of fused-ring (bicyclic) bond motifs is 1. The second-order valence-corrected chi connectivity index (χ2v) is 6.75. The van der Waals surface area contributed by atoms with E-state index in [1.807, 2.05) is 19.1 Å². The van der Waals surface area contributed by atoms with Gasteiger partial charge in [-0.3, -0.25) is 9.20 Å². The fourth-order valence-electron chi connectivity index (χ4n) is 2.95. The summed E-state index contributed by atoms with van der Waals surface area (Å²) in [4.78, 5) is 21.0. The number of ether oxygens (including phenoxy) is 1. The molecule has 3 aromatic heterocycles. The number of hydrogen-bond acceptors (Lipinski definition) is 6. The number of pyridine rings is 1. The van der Waals surface area contributed by atoms with Crippen LogP contribution in [0.1, 0.15) is 21.6 Å². The van der Waals surface area contributed by atoms with Crippen LogP contribution < -0.4 is 5.32 Å². The van der Waals surface area contributed by atoms with Gasteiger partial charge >= 0.3 is 6.18 Å². The molecule has 0 unspecified atom stereocenters. The molecule has 0 aliphatic heterocycles. The van der Waals surface area contributed by atoms with Gasteiger partial charge in [0.25, 0.3) is 5.91 Å². The number of hydrogen-bond donors (Lipinski definition) is 1. The summed E-state index contributed by atoms with van der Waals surface area (Å²) in [7, 11) is 0. The normalized spacial score (nSPS) is 11.7. The maximum absolute atomic E-state index is 12.8. The summed E-state index contributed by atoms with van der Waals surface area (Å²) in [5, 5.41) is 6.62. The van der Waals surface area contributed by atoms with E-state index in [4.69, 9.17) is 4.52 Å². The predicted octanol–water partition coefficient (Wildman–Crippen LogP) is 4.02. The van der Waals surface area contributed by atoms with Crippen LogP contribution in [0.5, 0.6) is 0 Å². The molecule has 160 valence electrons. The predicted molar refractivity (Wildman–Crippen MR) is 103 cm³/mol. The van der Waals surface area contributed by atoms with Gasteiger partial charge in [-0.2, -0.15) is 18.2 Å². The number of carbonyl (C=O) groups is 1. The van der Waals surface area contributed by atoms with E-state index in [1.165, 1.54) is 12.6 Å². The van der Waals surface area contributed by atoms with Crippen LogP contribution in [0.15, 0.2) is 53.6 Å². The number of benzene rings is 1. The molecular formula is C20H16F3N5O3. The molecule has 31 heavy (non-hydrogen) atoms. The number of imidazole rings is 1. The van der Waals surface area contributed by atoms with Gasteiger partial charge in [0.2, 0.25) is 12.2 Å². The lowest BCUT2D eigenvalue weighted by Crippen LogP contribution is -2.17. The Kier molecular flexibility index (Phi) is 5.42. The van der Waals surface area contributed by atoms with Crippen LogP contribution in [0.3, 0.4) is 0 Å². The van der Waals surface area contributed by atoms with E-state index in [0.717, 1.165) is 5.56 Å². The number of carbonyl (C=O) groups excluding carboxylic acids is 1. The van der Waals surface area contributed by atoms with Crippen LogP contribution in [0.2, 0.25) is 0 Å². The summed E-state index contributed by atoms with van der Waals surface area (Å²) < 4.78 is 47.6. The largest absolute Gasteiger partial charge is 0.411 e. The minimum absolute atomic E-state index is 0.216. The minimum atomic E-state index is -4.39. The van der Waals surface area contributed by atoms with E-state index in [0.29, 0.717) is 28.3 Å². The summed E-state index contributed by atoms with van der Waals surface area (Å²) in [5.74, 6) is -0.00694. The fourth-order valence-corrected chi connectivity index (χ4v) is 2.95. The van der Waals surface area contributed by atoms with Gasteiger partial charge in [-0.05, 0) is 36.2 Å². The third-order valence-corrected chi connectivity index (χ3v) is 4.45. The number of aryl methyl sites for hydroxylation is 1. The van der Waals surface area contributed by atoms with Gasteiger partial charge in [-0.1, -0.05) is 17.3 Å². The first-order valence-electron chi connectivity index (χ1n) is 9.09. The number of halogens is 3. The molecular weight excluding hydrogens is 415 g/mol. The van der Waals surface area contributed by atoms with Crippen molar-refractivity contribution in [2.24, 2.45) is 0 Å². The fraction of sp³-hybridized carbons (Fsp3) is 0.200. The number of rotatable bonds is 6. The molecule has 0 fully saturated rings. The van der Waals surface area contributed by atoms with E-state index < -0.39 is 18.7 Å². The Labute approximate surface area is 173 Å². The maximum atomic E-state index is 12.8. The van der Waals surface area contributed by atoms with Crippen molar-refractivity contribution in [2.45, 2.75) is 19.7 Å². The highest BCUT2D eigenvalue weighted by Crippen LogP contribution is 2.24. The van der Waals surface area contributed by atoms with E-state index in [2.05, 4.69) is 25.2 Å². The van der Waals surface area contributed by atoms with Crippen LogP contribution in [0.25, 0.3) is 17.0 Å². The van der Waals surface area contributed by atoms with Gasteiger partial charge < -0.3 is 14.6 Å². The van der Waals surface area contributed by atoms with E-state index in [1.54, 1.807) is 28.8 Å². The molecule has 4 rings (SSSR count). The molecule has 4 aromatic rings. The molecule has 0 saturated carbocycles. The highest BCUT2D eigenvalue weighted by Gasteiger charge is 2.27. The Morgan fingerprint density at radius 3 is 2.81 bits per heavy atom. The first-order chi connectivity index (χ1) is 14.8. The van der Waals surface area contributed by atoms with Gasteiger partial charge in [0.05, 0.1) is 12.8 Å². The standard InChI is InChI=1S/C20H16F3N5O3/c1-12-2-3-14(18-25-11-31-27-18)7-15(12)26-19(29)16-8-24-17-6-13(4-5-28(16)17)9-30-10-20(21,22)23/h2-8,11H,9-10H2,1H3,(H,26,29). The van der Waals surface area contributed by atoms with Gasteiger partial charge in [-0.15, -0.1) is 0 Å². The van der Waals surface area contributed by atoms with Gasteiger partial charge in [0.15, 0.2) is 0 Å². The van der Waals surface area contributed by atoms with Crippen molar-refractivity contribution in [1.82, 2.24) is 19.5 Å². The zero-order valence-corrected chi connectivity index (χ0v) is 16.2. The molecule has 8 nitrogen and oxygen atoms in total. The van der Waals surface area contributed by atoms with Gasteiger partial charge in [0, 0.05) is 17.4 Å². The third kappa shape index (κ3) is 4.72. The first kappa shape index (κ1) is 20.5. The van der Waals surface area contributed by atoms with Crippen LogP contribution in [-0.4, -0.2) is 38.2 Å². The minimum Gasteiger partial charge on any atom is -0.367 e. The van der Waals surface area contributed by atoms with Gasteiger partial charge in [0.1, 0.15) is 17.9 Å². The molecule has 0 radical (unpaired) electrons. The summed E-state index contributed by atoms with van der Waals surface area (Å²) >= 11 is 0. The Balaban J connectivity index is 1.51. The summed E-state index contributed by atoms with van der Waals surface area (Å²) in [6.45, 7) is 0.298. The first-order valence-corrected chi connectivity index (χ1v) is 9.09. The van der Waals surface area contributed by atoms with Crippen molar-refractivity contribution >= 4 is 17.2 Å². The van der Waals surface area contributed by atoms with Crippen molar-refractivity contribution in [2.75, 3.05) is 11.9 Å². The third-order valence-electron chi connectivity index (χ3n) is 4.45. The molecule has 3 heterocycles. The summed E-state index contributed by atoms with van der Waals surface area (Å²) in [6.07, 6.45) is -0.217. The van der Waals surface area contributed by atoms with E-state index >= 15 is 0 Å². The van der Waals surface area contributed by atoms with Crippen LogP contribution in [-0.2, 0) is 11.3 Å². The molecule has 11 heteroatoms. The second kappa shape index (κ2) is 8.19. The number of amides is 1. The van der Waals surface area contributed by atoms with E-state index in [9.17, 15) is 18.0 Å². The van der Waals surface area contributed by atoms with Crippen molar-refractivity contribution < 1.29 is 27.2 Å². The van der Waals surface area contributed by atoms with Crippen LogP contribution >= 0.6 is 0 Å². The molecule has 0 atom stereocenters. The van der Waals surface area contributed by atoms with Crippen molar-refractivity contribution in [3.05, 3.63) is 65.9 Å². The molecule has 0 aliphatic rings. The Morgan fingerprint density at radius 2 is 2.06 bits per heavy atom. The topological polar surface area (TPSA) is 94.6 Å². The number of alkyl halides is 3.